The summed E-state index contributed by atoms with van der Waals surface area (Å²) in [6, 6.07) is 11.1. The smallest absolute Gasteiger partial charge is 0.258 e. The van der Waals surface area contributed by atoms with Crippen molar-refractivity contribution in [3.63, 3.8) is 0 Å². The van der Waals surface area contributed by atoms with Crippen LogP contribution in [0.4, 0.5) is 0 Å². The number of nitrogens with one attached hydrogen (secondary N) is 5. The Kier molecular flexibility index (Phi) is 9.70. The van der Waals surface area contributed by atoms with Crippen LogP contribution in [0.5, 0.6) is 5.75 Å². The molecule has 0 radical (unpaired) electrons. The Bertz CT molecular complexity index is 1570. The third kappa shape index (κ3) is 7.44. The van der Waals surface area contributed by atoms with Crippen molar-refractivity contribution in [3.05, 3.63) is 65.9 Å². The number of carbonyl (C=O) groups excluding carboxylic acids is 5. The molecule has 12 heteroatoms. The fourth-order valence-electron chi connectivity index (χ4n) is 5.81. The van der Waals surface area contributed by atoms with Crippen molar-refractivity contribution in [3.8, 4) is 5.75 Å². The monoisotopic (exact) mass is 616 g/mol. The second kappa shape index (κ2) is 13.8. The molecule has 0 saturated carbocycles. The van der Waals surface area contributed by atoms with Gasteiger partial charge in [-0.15, -0.1) is 0 Å². The molecule has 1 aromatic heterocycles. The molecular formula is C33H40N6O6. The Labute approximate surface area is 261 Å². The summed E-state index contributed by atoms with van der Waals surface area (Å²) in [5, 5.41) is 12.2. The van der Waals surface area contributed by atoms with Crippen LogP contribution in [0.15, 0.2) is 54.7 Å². The van der Waals surface area contributed by atoms with Gasteiger partial charge in [0, 0.05) is 36.6 Å². The lowest BCUT2D eigenvalue weighted by Crippen LogP contribution is -2.58. The van der Waals surface area contributed by atoms with Gasteiger partial charge >= 0.3 is 0 Å². The highest BCUT2D eigenvalue weighted by molar-refractivity contribution is 5.96. The highest BCUT2D eigenvalue weighted by Gasteiger charge is 2.39. The Morgan fingerprint density at radius 1 is 1.00 bits per heavy atom. The largest absolute Gasteiger partial charge is 0.484 e. The van der Waals surface area contributed by atoms with E-state index in [0.717, 1.165) is 22.0 Å². The van der Waals surface area contributed by atoms with Crippen molar-refractivity contribution in [2.45, 2.75) is 70.7 Å². The van der Waals surface area contributed by atoms with E-state index >= 15 is 0 Å². The topological polar surface area (TPSA) is 162 Å². The van der Waals surface area contributed by atoms with Crippen LogP contribution in [0.1, 0.15) is 44.7 Å². The van der Waals surface area contributed by atoms with Gasteiger partial charge in [0.05, 0.1) is 0 Å². The molecule has 1 fully saturated rings. The summed E-state index contributed by atoms with van der Waals surface area (Å²) < 4.78 is 5.67. The van der Waals surface area contributed by atoms with Crippen molar-refractivity contribution in [2.24, 2.45) is 5.92 Å². The molecule has 5 N–H and O–H groups in total. The molecule has 1 saturated heterocycles. The van der Waals surface area contributed by atoms with Crippen LogP contribution in [-0.4, -0.2) is 76.7 Å². The summed E-state index contributed by atoms with van der Waals surface area (Å²) in [5.74, 6) is -1.99. The first-order chi connectivity index (χ1) is 21.6. The summed E-state index contributed by atoms with van der Waals surface area (Å²) in [6.07, 6.45) is 3.05. The summed E-state index contributed by atoms with van der Waals surface area (Å²) in [6.45, 7) is 5.50. The lowest BCUT2D eigenvalue weighted by molar-refractivity contribution is -0.143. The quantitative estimate of drug-likeness (QED) is 0.299. The van der Waals surface area contributed by atoms with Gasteiger partial charge in [0.1, 0.15) is 29.9 Å². The Balaban J connectivity index is 1.37. The van der Waals surface area contributed by atoms with E-state index in [0.29, 0.717) is 25.1 Å². The molecule has 12 nitrogen and oxygen atoms in total. The minimum Gasteiger partial charge on any atom is -0.484 e. The van der Waals surface area contributed by atoms with E-state index in [9.17, 15) is 24.0 Å². The number of amides is 5. The highest BCUT2D eigenvalue weighted by Crippen LogP contribution is 2.21. The zero-order valence-corrected chi connectivity index (χ0v) is 25.7. The summed E-state index contributed by atoms with van der Waals surface area (Å²) in [4.78, 5) is 71.2. The van der Waals surface area contributed by atoms with Crippen LogP contribution >= 0.6 is 0 Å². The SMILES string of the molecule is CC(C)[C@H]1NC(=O)COc2ccc(cc2)C[C@H](C(=O)NCc2cccc3[nH]ccc23)NC(=O)[C@H](C)NC(=O)[C@@H]2CCCN2C1=O. The fraction of sp³-hybridized carbons (Fsp3) is 0.424. The van der Waals surface area contributed by atoms with Crippen molar-refractivity contribution in [1.29, 1.82) is 0 Å². The molecule has 238 valence electrons. The number of benzene rings is 2. The second-order valence-corrected chi connectivity index (χ2v) is 12.0. The molecule has 6 rings (SSSR count). The summed E-state index contributed by atoms with van der Waals surface area (Å²) in [7, 11) is 0. The van der Waals surface area contributed by atoms with Gasteiger partial charge in [0.15, 0.2) is 6.61 Å². The van der Waals surface area contributed by atoms with Crippen molar-refractivity contribution in [2.75, 3.05) is 13.2 Å². The first-order valence-electron chi connectivity index (χ1n) is 15.4. The van der Waals surface area contributed by atoms with Crippen LogP contribution in [0, 0.1) is 5.92 Å². The molecule has 3 aliphatic rings. The van der Waals surface area contributed by atoms with Crippen molar-refractivity contribution < 1.29 is 28.7 Å². The van der Waals surface area contributed by atoms with Crippen LogP contribution in [0.2, 0.25) is 0 Å². The predicted octanol–water partition coefficient (Wildman–Crippen LogP) is 1.54. The van der Waals surface area contributed by atoms with Gasteiger partial charge in [-0.2, -0.15) is 0 Å². The van der Waals surface area contributed by atoms with E-state index < -0.39 is 41.9 Å². The van der Waals surface area contributed by atoms with Gasteiger partial charge in [-0.3, -0.25) is 24.0 Å². The van der Waals surface area contributed by atoms with E-state index in [4.69, 9.17) is 4.74 Å². The molecule has 45 heavy (non-hydrogen) atoms. The maximum atomic E-state index is 13.5. The lowest BCUT2D eigenvalue weighted by atomic mass is 10.0. The average Bonchev–Trinajstić information content (AvgIpc) is 3.71. The van der Waals surface area contributed by atoms with Crippen molar-refractivity contribution >= 4 is 40.4 Å². The number of ether oxygens (including phenoxy) is 1. The standard InChI is InChI=1S/C33H40N6O6/c1-19(2)29-33(44)39-15-5-8-27(39)32(43)36-20(3)30(41)37-26(16-21-9-11-23(12-10-21)45-18-28(40)38-29)31(42)35-17-22-6-4-7-25-24(22)13-14-34-25/h4,6-7,9-14,19-20,26-27,29,34H,5,8,15-18H2,1-3H3,(H,35,42)(H,36,43)(H,37,41)(H,38,40)/t20-,26+,27-,29+/m0/s1. The van der Waals surface area contributed by atoms with Crippen LogP contribution < -0.4 is 26.0 Å². The predicted molar refractivity (Wildman–Crippen MR) is 167 cm³/mol. The van der Waals surface area contributed by atoms with E-state index in [1.165, 1.54) is 4.90 Å². The van der Waals surface area contributed by atoms with Gasteiger partial charge in [-0.1, -0.05) is 38.1 Å². The Morgan fingerprint density at radius 3 is 2.53 bits per heavy atom. The summed E-state index contributed by atoms with van der Waals surface area (Å²) >= 11 is 0. The van der Waals surface area contributed by atoms with Gasteiger partial charge in [-0.25, -0.2) is 0 Å². The van der Waals surface area contributed by atoms with E-state index in [1.54, 1.807) is 31.2 Å². The van der Waals surface area contributed by atoms with Crippen LogP contribution in [-0.2, 0) is 36.9 Å². The molecule has 5 amide bonds. The van der Waals surface area contributed by atoms with Gasteiger partial charge in [-0.05, 0) is 61.1 Å². The zero-order chi connectivity index (χ0) is 32.1. The molecule has 2 aromatic carbocycles. The minimum absolute atomic E-state index is 0.175. The summed E-state index contributed by atoms with van der Waals surface area (Å²) in [5.41, 5.74) is 2.63. The molecule has 0 unspecified atom stereocenters. The maximum absolute atomic E-state index is 13.5. The molecule has 0 spiro atoms. The molecule has 0 aliphatic carbocycles. The number of nitrogens with zero attached hydrogens (tertiary/aromatic N) is 1. The number of aromatic amines is 1. The zero-order valence-electron chi connectivity index (χ0n) is 25.7. The van der Waals surface area contributed by atoms with Gasteiger partial charge < -0.3 is 35.9 Å². The Morgan fingerprint density at radius 2 is 1.78 bits per heavy atom. The molecular weight excluding hydrogens is 576 g/mol. The second-order valence-electron chi connectivity index (χ2n) is 12.0. The number of aromatic nitrogens is 1. The first-order valence-corrected chi connectivity index (χ1v) is 15.4. The van der Waals surface area contributed by atoms with Crippen LogP contribution in [0.25, 0.3) is 10.9 Å². The number of hydrogen-bond acceptors (Lipinski definition) is 6. The number of carbonyl (C=O) groups is 5. The minimum atomic E-state index is -0.975. The van der Waals surface area contributed by atoms with Gasteiger partial charge in [0.25, 0.3) is 5.91 Å². The average molecular weight is 617 g/mol. The number of rotatable bonds is 4. The van der Waals surface area contributed by atoms with E-state index in [2.05, 4.69) is 26.3 Å². The van der Waals surface area contributed by atoms with Gasteiger partial charge in [0.2, 0.25) is 23.6 Å². The Hall–Kier alpha value is -4.87. The number of H-pyrrole nitrogens is 1. The fourth-order valence-corrected chi connectivity index (χ4v) is 5.81. The molecule has 4 heterocycles. The number of fused-ring (bicyclic) bond motifs is 14. The molecule has 2 bridgehead atoms. The lowest BCUT2D eigenvalue weighted by Gasteiger charge is -2.31. The number of hydrogen-bond donors (Lipinski definition) is 5. The molecule has 3 aromatic rings. The first kappa shape index (κ1) is 31.6. The van der Waals surface area contributed by atoms with E-state index in [1.807, 2.05) is 44.3 Å². The normalized spacial score (nSPS) is 23.3. The molecule has 4 atom stereocenters. The third-order valence-electron chi connectivity index (χ3n) is 8.34. The third-order valence-corrected chi connectivity index (χ3v) is 8.34. The van der Waals surface area contributed by atoms with E-state index in [-0.39, 0.29) is 37.3 Å². The maximum Gasteiger partial charge on any atom is 0.258 e. The molecule has 3 aliphatic heterocycles. The van der Waals surface area contributed by atoms with Crippen LogP contribution in [0.3, 0.4) is 0 Å². The highest BCUT2D eigenvalue weighted by atomic mass is 16.5. The van der Waals surface area contributed by atoms with Crippen molar-refractivity contribution in [1.82, 2.24) is 31.2 Å².